The van der Waals surface area contributed by atoms with Crippen LogP contribution in [-0.4, -0.2) is 53.9 Å². The van der Waals surface area contributed by atoms with Crippen molar-refractivity contribution >= 4 is 11.6 Å². The Balaban J connectivity index is 2.55. The minimum Gasteiger partial charge on any atom is -0.395 e. The Morgan fingerprint density at radius 1 is 1.16 bits per heavy atom. The summed E-state index contributed by atoms with van der Waals surface area (Å²) in [6.07, 6.45) is 0. The van der Waals surface area contributed by atoms with Crippen LogP contribution in [0.25, 0.3) is 0 Å². The van der Waals surface area contributed by atoms with E-state index >= 15 is 0 Å². The van der Waals surface area contributed by atoms with Crippen molar-refractivity contribution in [2.75, 3.05) is 38.2 Å². The standard InChI is InChI=1S/C14H22N2O3/c1-11-3-4-13(9-12(11)2)15-14(19)10-16(5-7-17)6-8-18/h3-4,9,17-18H,5-8,10H2,1-2H3,(H,15,19). The van der Waals surface area contributed by atoms with Crippen molar-refractivity contribution < 1.29 is 15.0 Å². The molecule has 0 radical (unpaired) electrons. The van der Waals surface area contributed by atoms with Gasteiger partial charge in [-0.15, -0.1) is 0 Å². The SMILES string of the molecule is Cc1ccc(NC(=O)CN(CCO)CCO)cc1C. The lowest BCUT2D eigenvalue weighted by molar-refractivity contribution is -0.117. The van der Waals surface area contributed by atoms with Crippen LogP contribution in [0.15, 0.2) is 18.2 Å². The molecule has 0 heterocycles. The van der Waals surface area contributed by atoms with E-state index in [0.29, 0.717) is 13.1 Å². The third kappa shape index (κ3) is 5.38. The number of aryl methyl sites for hydroxylation is 2. The highest BCUT2D eigenvalue weighted by Crippen LogP contribution is 2.13. The minimum atomic E-state index is -0.148. The molecule has 106 valence electrons. The maximum atomic E-state index is 11.9. The number of nitrogens with one attached hydrogen (secondary N) is 1. The molecule has 1 aromatic rings. The van der Waals surface area contributed by atoms with E-state index < -0.39 is 0 Å². The van der Waals surface area contributed by atoms with Gasteiger partial charge < -0.3 is 15.5 Å². The number of carbonyl (C=O) groups is 1. The Morgan fingerprint density at radius 2 is 1.79 bits per heavy atom. The maximum Gasteiger partial charge on any atom is 0.238 e. The van der Waals surface area contributed by atoms with Crippen LogP contribution in [0.2, 0.25) is 0 Å². The van der Waals surface area contributed by atoms with Crippen molar-refractivity contribution in [1.82, 2.24) is 4.90 Å². The minimum absolute atomic E-state index is 0.0308. The van der Waals surface area contributed by atoms with Crippen LogP contribution in [-0.2, 0) is 4.79 Å². The van der Waals surface area contributed by atoms with Crippen molar-refractivity contribution in [3.63, 3.8) is 0 Å². The van der Waals surface area contributed by atoms with Crippen LogP contribution in [0.1, 0.15) is 11.1 Å². The van der Waals surface area contributed by atoms with Gasteiger partial charge in [0.2, 0.25) is 5.91 Å². The molecular formula is C14H22N2O3. The highest BCUT2D eigenvalue weighted by Gasteiger charge is 2.10. The monoisotopic (exact) mass is 266 g/mol. The van der Waals surface area contributed by atoms with Crippen molar-refractivity contribution in [1.29, 1.82) is 0 Å². The summed E-state index contributed by atoms with van der Waals surface area (Å²) in [6.45, 7) is 4.86. The largest absolute Gasteiger partial charge is 0.395 e. The number of amides is 1. The third-order valence-electron chi connectivity index (χ3n) is 2.99. The Labute approximate surface area is 113 Å². The van der Waals surface area contributed by atoms with Crippen molar-refractivity contribution in [2.24, 2.45) is 0 Å². The van der Waals surface area contributed by atoms with E-state index in [1.54, 1.807) is 4.90 Å². The zero-order chi connectivity index (χ0) is 14.3. The molecule has 0 aliphatic carbocycles. The normalized spacial score (nSPS) is 10.8. The van der Waals surface area contributed by atoms with Crippen LogP contribution in [0, 0.1) is 13.8 Å². The fourth-order valence-corrected chi connectivity index (χ4v) is 1.78. The van der Waals surface area contributed by atoms with E-state index in [9.17, 15) is 4.79 Å². The molecule has 1 rings (SSSR count). The average molecular weight is 266 g/mol. The summed E-state index contributed by atoms with van der Waals surface area (Å²) in [6, 6.07) is 5.75. The van der Waals surface area contributed by atoms with Crippen LogP contribution >= 0.6 is 0 Å². The van der Waals surface area contributed by atoms with Gasteiger partial charge in [0, 0.05) is 18.8 Å². The molecule has 5 heteroatoms. The van der Waals surface area contributed by atoms with Gasteiger partial charge in [-0.05, 0) is 37.1 Å². The Kier molecular flexibility index (Phi) is 6.49. The number of carbonyl (C=O) groups excluding carboxylic acids is 1. The molecule has 0 saturated heterocycles. The second kappa shape index (κ2) is 7.89. The molecule has 0 fully saturated rings. The molecule has 5 nitrogen and oxygen atoms in total. The first-order chi connectivity index (χ1) is 9.06. The third-order valence-corrected chi connectivity index (χ3v) is 2.99. The first-order valence-electron chi connectivity index (χ1n) is 6.38. The first kappa shape index (κ1) is 15.6. The molecular weight excluding hydrogens is 244 g/mol. The molecule has 0 bridgehead atoms. The van der Waals surface area contributed by atoms with Crippen LogP contribution in [0.5, 0.6) is 0 Å². The lowest BCUT2D eigenvalue weighted by Crippen LogP contribution is -2.37. The highest BCUT2D eigenvalue weighted by molar-refractivity contribution is 5.92. The van der Waals surface area contributed by atoms with Crippen LogP contribution in [0.3, 0.4) is 0 Å². The zero-order valence-corrected chi connectivity index (χ0v) is 11.5. The number of hydrogen-bond donors (Lipinski definition) is 3. The summed E-state index contributed by atoms with van der Waals surface area (Å²) in [5, 5.41) is 20.6. The number of anilines is 1. The smallest absolute Gasteiger partial charge is 0.238 e. The lowest BCUT2D eigenvalue weighted by atomic mass is 10.1. The summed E-state index contributed by atoms with van der Waals surface area (Å²) in [4.78, 5) is 13.6. The van der Waals surface area contributed by atoms with E-state index in [1.165, 1.54) is 5.56 Å². The van der Waals surface area contributed by atoms with E-state index in [4.69, 9.17) is 10.2 Å². The van der Waals surface area contributed by atoms with Gasteiger partial charge in [0.05, 0.1) is 19.8 Å². The number of aliphatic hydroxyl groups excluding tert-OH is 2. The molecule has 19 heavy (non-hydrogen) atoms. The number of hydrogen-bond acceptors (Lipinski definition) is 4. The molecule has 1 amide bonds. The molecule has 0 unspecified atom stereocenters. The topological polar surface area (TPSA) is 72.8 Å². The maximum absolute atomic E-state index is 11.9. The average Bonchev–Trinajstić information content (AvgIpc) is 2.34. The second-order valence-corrected chi connectivity index (χ2v) is 4.57. The molecule has 3 N–H and O–H groups in total. The summed E-state index contributed by atoms with van der Waals surface area (Å²) >= 11 is 0. The van der Waals surface area contributed by atoms with Crippen molar-refractivity contribution in [3.05, 3.63) is 29.3 Å². The molecule has 0 spiro atoms. The highest BCUT2D eigenvalue weighted by atomic mass is 16.3. The van der Waals surface area contributed by atoms with Gasteiger partial charge in [-0.3, -0.25) is 9.69 Å². The summed E-state index contributed by atoms with van der Waals surface area (Å²) in [5.41, 5.74) is 3.07. The molecule has 0 aliphatic rings. The van der Waals surface area contributed by atoms with E-state index in [0.717, 1.165) is 11.3 Å². The van der Waals surface area contributed by atoms with Crippen LogP contribution in [0.4, 0.5) is 5.69 Å². The van der Waals surface area contributed by atoms with Gasteiger partial charge >= 0.3 is 0 Å². The number of rotatable bonds is 7. The molecule has 0 atom stereocenters. The van der Waals surface area contributed by atoms with E-state index in [-0.39, 0.29) is 25.7 Å². The number of benzene rings is 1. The predicted octanol–water partition coefficient (Wildman–Crippen LogP) is 0.529. The van der Waals surface area contributed by atoms with Crippen molar-refractivity contribution in [2.45, 2.75) is 13.8 Å². The molecule has 0 aliphatic heterocycles. The van der Waals surface area contributed by atoms with Gasteiger partial charge in [0.15, 0.2) is 0 Å². The van der Waals surface area contributed by atoms with Gasteiger partial charge in [0.1, 0.15) is 0 Å². The summed E-state index contributed by atoms with van der Waals surface area (Å²) < 4.78 is 0. The Bertz CT molecular complexity index is 415. The molecule has 0 aromatic heterocycles. The van der Waals surface area contributed by atoms with Crippen molar-refractivity contribution in [3.8, 4) is 0 Å². The van der Waals surface area contributed by atoms with E-state index in [1.807, 2.05) is 32.0 Å². The fraction of sp³-hybridized carbons (Fsp3) is 0.500. The number of aliphatic hydroxyl groups is 2. The summed E-state index contributed by atoms with van der Waals surface area (Å²) in [7, 11) is 0. The van der Waals surface area contributed by atoms with Gasteiger partial charge in [-0.2, -0.15) is 0 Å². The predicted molar refractivity (Wildman–Crippen MR) is 75.2 cm³/mol. The number of nitrogens with zero attached hydrogens (tertiary/aromatic N) is 1. The fourth-order valence-electron chi connectivity index (χ4n) is 1.78. The van der Waals surface area contributed by atoms with Gasteiger partial charge in [-0.25, -0.2) is 0 Å². The van der Waals surface area contributed by atoms with E-state index in [2.05, 4.69) is 5.32 Å². The van der Waals surface area contributed by atoms with Crippen LogP contribution < -0.4 is 5.32 Å². The zero-order valence-electron chi connectivity index (χ0n) is 11.5. The molecule has 0 saturated carbocycles. The summed E-state index contributed by atoms with van der Waals surface area (Å²) in [5.74, 6) is -0.148. The van der Waals surface area contributed by atoms with Gasteiger partial charge in [-0.1, -0.05) is 6.07 Å². The quantitative estimate of drug-likeness (QED) is 0.673. The Morgan fingerprint density at radius 3 is 2.32 bits per heavy atom. The lowest BCUT2D eigenvalue weighted by Gasteiger charge is -2.19. The second-order valence-electron chi connectivity index (χ2n) is 4.57. The van der Waals surface area contributed by atoms with Gasteiger partial charge in [0.25, 0.3) is 0 Å². The Hall–Kier alpha value is -1.43. The molecule has 1 aromatic carbocycles. The first-order valence-corrected chi connectivity index (χ1v) is 6.38.